The van der Waals surface area contributed by atoms with Crippen LogP contribution in [-0.2, 0) is 28.3 Å². The van der Waals surface area contributed by atoms with Gasteiger partial charge in [0, 0.05) is 24.8 Å². The van der Waals surface area contributed by atoms with E-state index >= 15 is 0 Å². The number of hydrogen-bond donors (Lipinski definition) is 1. The van der Waals surface area contributed by atoms with Crippen molar-refractivity contribution in [1.29, 1.82) is 0 Å². The molecule has 4 nitrogen and oxygen atoms in total. The largest absolute Gasteiger partial charge is 0.352 e. The fourth-order valence-electron chi connectivity index (χ4n) is 4.43. The lowest BCUT2D eigenvalue weighted by molar-refractivity contribution is -0.139. The monoisotopic (exact) mass is 502 g/mol. The summed E-state index contributed by atoms with van der Waals surface area (Å²) in [6.07, 6.45) is 0.471. The zero-order chi connectivity index (χ0) is 26.1. The van der Waals surface area contributed by atoms with Crippen molar-refractivity contribution < 1.29 is 9.59 Å². The van der Waals surface area contributed by atoms with E-state index in [1.165, 1.54) is 16.7 Å². The average Bonchev–Trinajstić information content (AvgIpc) is 2.81. The van der Waals surface area contributed by atoms with Crippen LogP contribution in [0.1, 0.15) is 47.2 Å². The number of nitrogens with one attached hydrogen (secondary N) is 1. The van der Waals surface area contributed by atoms with Gasteiger partial charge in [0.1, 0.15) is 6.04 Å². The third-order valence-corrected chi connectivity index (χ3v) is 6.90. The van der Waals surface area contributed by atoms with E-state index in [2.05, 4.69) is 43.4 Å². The molecule has 0 aliphatic carbocycles. The Bertz CT molecular complexity index is 1140. The molecule has 3 rings (SSSR count). The molecule has 0 saturated carbocycles. The summed E-state index contributed by atoms with van der Waals surface area (Å²) in [5.41, 5.74) is 6.87. The van der Waals surface area contributed by atoms with Crippen molar-refractivity contribution >= 4 is 23.6 Å². The van der Waals surface area contributed by atoms with Gasteiger partial charge in [-0.3, -0.25) is 9.59 Å². The standard InChI is InChI=1S/C31H38N2O2S/c1-22(2)32-31(35)29(18-26-11-7-6-8-12-26)33(19-27-13-9-10-23(3)15-27)30(34)21-36-20-28-16-24(4)14-25(5)17-28/h6-17,22,29H,18-21H2,1-5H3,(H,32,35)/t29-/m0/s1. The highest BCUT2D eigenvalue weighted by atomic mass is 32.2. The number of thioether (sulfide) groups is 1. The van der Waals surface area contributed by atoms with Crippen molar-refractivity contribution in [3.05, 3.63) is 106 Å². The summed E-state index contributed by atoms with van der Waals surface area (Å²) in [5.74, 6) is 0.938. The van der Waals surface area contributed by atoms with Crippen LogP contribution in [0.3, 0.4) is 0 Å². The SMILES string of the molecule is Cc1cc(C)cc(CSCC(=O)N(Cc2cccc(C)c2)[C@@H](Cc2ccccc2)C(=O)NC(C)C)c1. The van der Waals surface area contributed by atoms with Crippen LogP contribution in [0, 0.1) is 20.8 Å². The van der Waals surface area contributed by atoms with E-state index in [1.807, 2.05) is 69.3 Å². The maximum atomic E-state index is 13.7. The van der Waals surface area contributed by atoms with Crippen molar-refractivity contribution in [2.24, 2.45) is 0 Å². The first-order valence-electron chi connectivity index (χ1n) is 12.6. The summed E-state index contributed by atoms with van der Waals surface area (Å²) in [6, 6.07) is 24.0. The van der Waals surface area contributed by atoms with Crippen LogP contribution in [-0.4, -0.2) is 34.6 Å². The highest BCUT2D eigenvalue weighted by Gasteiger charge is 2.30. The normalized spacial score (nSPS) is 11.8. The first-order valence-corrected chi connectivity index (χ1v) is 13.7. The Hall–Kier alpha value is -3.05. The fraction of sp³-hybridized carbons (Fsp3) is 0.355. The number of rotatable bonds is 11. The molecule has 0 spiro atoms. The number of carbonyl (C=O) groups is 2. The summed E-state index contributed by atoms with van der Waals surface area (Å²) >= 11 is 1.60. The molecule has 0 aliphatic heterocycles. The Labute approximate surface area is 220 Å². The van der Waals surface area contributed by atoms with Gasteiger partial charge in [-0.15, -0.1) is 11.8 Å². The third kappa shape index (κ3) is 8.56. The lowest BCUT2D eigenvalue weighted by atomic mass is 10.0. The van der Waals surface area contributed by atoms with E-state index in [0.29, 0.717) is 18.7 Å². The molecule has 1 atom stereocenters. The third-order valence-electron chi connectivity index (χ3n) is 5.91. The van der Waals surface area contributed by atoms with Crippen LogP contribution < -0.4 is 5.32 Å². The average molecular weight is 503 g/mol. The molecule has 0 radical (unpaired) electrons. The van der Waals surface area contributed by atoms with Gasteiger partial charge in [0.2, 0.25) is 11.8 Å². The van der Waals surface area contributed by atoms with Gasteiger partial charge in [-0.25, -0.2) is 0 Å². The number of aryl methyl sites for hydroxylation is 3. The molecule has 0 aliphatic rings. The van der Waals surface area contributed by atoms with Crippen molar-refractivity contribution in [3.63, 3.8) is 0 Å². The molecule has 1 N–H and O–H groups in total. The Morgan fingerprint density at radius 1 is 0.806 bits per heavy atom. The maximum absolute atomic E-state index is 13.7. The van der Waals surface area contributed by atoms with Crippen LogP contribution in [0.4, 0.5) is 0 Å². The zero-order valence-corrected chi connectivity index (χ0v) is 22.9. The van der Waals surface area contributed by atoms with E-state index in [0.717, 1.165) is 22.4 Å². The zero-order valence-electron chi connectivity index (χ0n) is 22.1. The Morgan fingerprint density at radius 3 is 2.08 bits per heavy atom. The second kappa shape index (κ2) is 13.3. The van der Waals surface area contributed by atoms with Gasteiger partial charge in [0.05, 0.1) is 5.75 Å². The van der Waals surface area contributed by atoms with Crippen LogP contribution in [0.25, 0.3) is 0 Å². The van der Waals surface area contributed by atoms with Crippen molar-refractivity contribution in [2.75, 3.05) is 5.75 Å². The van der Waals surface area contributed by atoms with E-state index < -0.39 is 6.04 Å². The molecule has 2 amide bonds. The molecule has 0 bridgehead atoms. The van der Waals surface area contributed by atoms with Gasteiger partial charge in [0.15, 0.2) is 0 Å². The van der Waals surface area contributed by atoms with Crippen molar-refractivity contribution in [1.82, 2.24) is 10.2 Å². The van der Waals surface area contributed by atoms with Crippen LogP contribution >= 0.6 is 11.8 Å². The van der Waals surface area contributed by atoms with Gasteiger partial charge < -0.3 is 10.2 Å². The van der Waals surface area contributed by atoms with Crippen molar-refractivity contribution in [3.8, 4) is 0 Å². The molecule has 0 saturated heterocycles. The number of hydrogen-bond acceptors (Lipinski definition) is 3. The summed E-state index contributed by atoms with van der Waals surface area (Å²) in [4.78, 5) is 28.9. The quantitative estimate of drug-likeness (QED) is 0.349. The molecule has 3 aromatic carbocycles. The number of carbonyl (C=O) groups excluding carboxylic acids is 2. The molecule has 0 fully saturated rings. The van der Waals surface area contributed by atoms with E-state index in [1.54, 1.807) is 16.7 Å². The van der Waals surface area contributed by atoms with Gasteiger partial charge in [0.25, 0.3) is 0 Å². The van der Waals surface area contributed by atoms with Crippen LogP contribution in [0.5, 0.6) is 0 Å². The predicted octanol–water partition coefficient (Wildman–Crippen LogP) is 6.01. The molecule has 3 aromatic rings. The Balaban J connectivity index is 1.85. The van der Waals surface area contributed by atoms with Gasteiger partial charge in [-0.05, 0) is 51.3 Å². The summed E-state index contributed by atoms with van der Waals surface area (Å²) in [5, 5.41) is 3.05. The van der Waals surface area contributed by atoms with Gasteiger partial charge in [-0.2, -0.15) is 0 Å². The smallest absolute Gasteiger partial charge is 0.243 e. The summed E-state index contributed by atoms with van der Waals surface area (Å²) in [6.45, 7) is 10.5. The van der Waals surface area contributed by atoms with Gasteiger partial charge in [-0.1, -0.05) is 89.5 Å². The second-order valence-electron chi connectivity index (χ2n) is 9.87. The minimum Gasteiger partial charge on any atom is -0.352 e. The first kappa shape index (κ1) is 27.5. The molecule has 0 heterocycles. The number of nitrogens with zero attached hydrogens (tertiary/aromatic N) is 1. The summed E-state index contributed by atoms with van der Waals surface area (Å²) in [7, 11) is 0. The predicted molar refractivity (Wildman–Crippen MR) is 151 cm³/mol. The molecular weight excluding hydrogens is 464 g/mol. The van der Waals surface area contributed by atoms with Crippen molar-refractivity contribution in [2.45, 2.75) is 65.4 Å². The first-order chi connectivity index (χ1) is 17.2. The van der Waals surface area contributed by atoms with E-state index in [4.69, 9.17) is 0 Å². The topological polar surface area (TPSA) is 49.4 Å². The Kier molecular flexibility index (Phi) is 10.2. The second-order valence-corrected chi connectivity index (χ2v) is 10.9. The Morgan fingerprint density at radius 2 is 1.44 bits per heavy atom. The fourth-order valence-corrected chi connectivity index (χ4v) is 5.28. The van der Waals surface area contributed by atoms with Gasteiger partial charge >= 0.3 is 0 Å². The highest BCUT2D eigenvalue weighted by Crippen LogP contribution is 2.20. The molecule has 36 heavy (non-hydrogen) atoms. The molecular formula is C31H38N2O2S. The van der Waals surface area contributed by atoms with E-state index in [-0.39, 0.29) is 17.9 Å². The van der Waals surface area contributed by atoms with Crippen LogP contribution in [0.2, 0.25) is 0 Å². The van der Waals surface area contributed by atoms with Crippen LogP contribution in [0.15, 0.2) is 72.8 Å². The maximum Gasteiger partial charge on any atom is 0.243 e. The van der Waals surface area contributed by atoms with E-state index in [9.17, 15) is 9.59 Å². The number of benzene rings is 3. The number of amides is 2. The molecule has 0 aromatic heterocycles. The minimum absolute atomic E-state index is 0.00868. The molecule has 5 heteroatoms. The summed E-state index contributed by atoms with van der Waals surface area (Å²) < 4.78 is 0. The lowest BCUT2D eigenvalue weighted by Gasteiger charge is -2.32. The molecule has 0 unspecified atom stereocenters. The highest BCUT2D eigenvalue weighted by molar-refractivity contribution is 7.99. The lowest BCUT2D eigenvalue weighted by Crippen LogP contribution is -2.52. The minimum atomic E-state index is -0.593. The molecule has 190 valence electrons.